The van der Waals surface area contributed by atoms with Crippen LogP contribution in [0.1, 0.15) is 19.7 Å². The SMILES string of the molecule is Cc1nc(N2CCOC[C@H]2C)nc(N2CCOC[C@H]2C)n1. The van der Waals surface area contributed by atoms with E-state index in [1.807, 2.05) is 6.92 Å². The summed E-state index contributed by atoms with van der Waals surface area (Å²) >= 11 is 0. The molecule has 2 atom stereocenters. The first-order valence-corrected chi connectivity index (χ1v) is 7.56. The lowest BCUT2D eigenvalue weighted by Gasteiger charge is -2.36. The minimum Gasteiger partial charge on any atom is -0.377 e. The van der Waals surface area contributed by atoms with Crippen LogP contribution in [0.3, 0.4) is 0 Å². The standard InChI is InChI=1S/C14H23N5O2/c1-10-8-20-6-4-18(10)13-15-12(3)16-14(17-13)19-5-7-21-9-11(19)2/h10-11H,4-9H2,1-3H3/t10-,11-/m1/s1. The van der Waals surface area contributed by atoms with Crippen molar-refractivity contribution in [3.8, 4) is 0 Å². The number of anilines is 2. The van der Waals surface area contributed by atoms with Crippen LogP contribution in [0, 0.1) is 6.92 Å². The van der Waals surface area contributed by atoms with Gasteiger partial charge >= 0.3 is 0 Å². The molecule has 0 bridgehead atoms. The van der Waals surface area contributed by atoms with Crippen molar-refractivity contribution in [2.45, 2.75) is 32.9 Å². The van der Waals surface area contributed by atoms with E-state index in [0.29, 0.717) is 13.2 Å². The number of morpholine rings is 2. The van der Waals surface area contributed by atoms with E-state index in [1.54, 1.807) is 0 Å². The van der Waals surface area contributed by atoms with Crippen molar-refractivity contribution in [1.29, 1.82) is 0 Å². The number of aromatic nitrogens is 3. The van der Waals surface area contributed by atoms with Crippen molar-refractivity contribution in [2.24, 2.45) is 0 Å². The second-order valence-electron chi connectivity index (χ2n) is 5.72. The quantitative estimate of drug-likeness (QED) is 0.792. The molecular weight excluding hydrogens is 270 g/mol. The van der Waals surface area contributed by atoms with Gasteiger partial charge in [0.1, 0.15) is 5.82 Å². The highest BCUT2D eigenvalue weighted by atomic mass is 16.5. The van der Waals surface area contributed by atoms with Gasteiger partial charge in [-0.15, -0.1) is 0 Å². The predicted octanol–water partition coefficient (Wildman–Crippen LogP) is 0.630. The van der Waals surface area contributed by atoms with Gasteiger partial charge in [-0.25, -0.2) is 0 Å². The van der Waals surface area contributed by atoms with Crippen molar-refractivity contribution >= 4 is 11.9 Å². The third kappa shape index (κ3) is 3.08. The van der Waals surface area contributed by atoms with Crippen molar-refractivity contribution in [2.75, 3.05) is 49.3 Å². The van der Waals surface area contributed by atoms with Crippen molar-refractivity contribution in [3.63, 3.8) is 0 Å². The van der Waals surface area contributed by atoms with Crippen LogP contribution in [-0.2, 0) is 9.47 Å². The molecule has 2 aliphatic heterocycles. The summed E-state index contributed by atoms with van der Waals surface area (Å²) in [5, 5.41) is 0. The lowest BCUT2D eigenvalue weighted by molar-refractivity contribution is 0.0968. The molecule has 21 heavy (non-hydrogen) atoms. The first-order valence-electron chi connectivity index (χ1n) is 7.56. The van der Waals surface area contributed by atoms with E-state index in [2.05, 4.69) is 33.6 Å². The summed E-state index contributed by atoms with van der Waals surface area (Å²) in [5.41, 5.74) is 0. The average molecular weight is 293 g/mol. The molecule has 3 heterocycles. The molecule has 0 N–H and O–H groups in total. The number of aryl methyl sites for hydroxylation is 1. The molecule has 2 fully saturated rings. The first kappa shape index (κ1) is 14.5. The maximum atomic E-state index is 5.49. The van der Waals surface area contributed by atoms with Gasteiger partial charge in [-0.05, 0) is 20.8 Å². The van der Waals surface area contributed by atoms with Gasteiger partial charge in [0, 0.05) is 13.1 Å². The molecule has 0 saturated carbocycles. The third-order valence-corrected chi connectivity index (χ3v) is 3.97. The monoisotopic (exact) mass is 293 g/mol. The molecule has 116 valence electrons. The summed E-state index contributed by atoms with van der Waals surface area (Å²) in [6, 6.07) is 0.575. The Labute approximate surface area is 125 Å². The van der Waals surface area contributed by atoms with E-state index in [-0.39, 0.29) is 12.1 Å². The molecule has 7 nitrogen and oxygen atoms in total. The molecule has 0 amide bonds. The Morgan fingerprint density at radius 2 is 1.33 bits per heavy atom. The van der Waals surface area contributed by atoms with Crippen LogP contribution in [0.25, 0.3) is 0 Å². The molecule has 1 aromatic heterocycles. The van der Waals surface area contributed by atoms with Crippen molar-refractivity contribution in [3.05, 3.63) is 5.82 Å². The lowest BCUT2D eigenvalue weighted by atomic mass is 10.2. The number of nitrogens with zero attached hydrogens (tertiary/aromatic N) is 5. The maximum absolute atomic E-state index is 5.49. The Bertz CT molecular complexity index is 458. The smallest absolute Gasteiger partial charge is 0.230 e. The number of ether oxygens (including phenoxy) is 2. The van der Waals surface area contributed by atoms with Crippen LogP contribution < -0.4 is 9.80 Å². The van der Waals surface area contributed by atoms with Gasteiger partial charge in [0.25, 0.3) is 0 Å². The van der Waals surface area contributed by atoms with Gasteiger partial charge in [-0.1, -0.05) is 0 Å². The molecule has 7 heteroatoms. The fourth-order valence-electron chi connectivity index (χ4n) is 2.76. The Balaban J connectivity index is 1.88. The molecule has 2 aliphatic rings. The van der Waals surface area contributed by atoms with E-state index in [4.69, 9.17) is 14.5 Å². The maximum Gasteiger partial charge on any atom is 0.230 e. The minimum atomic E-state index is 0.288. The normalized spacial score (nSPS) is 27.0. The lowest BCUT2D eigenvalue weighted by Crippen LogP contribution is -2.46. The van der Waals surface area contributed by atoms with E-state index in [9.17, 15) is 0 Å². The zero-order valence-electron chi connectivity index (χ0n) is 12.9. The fraction of sp³-hybridized carbons (Fsp3) is 0.786. The summed E-state index contributed by atoms with van der Waals surface area (Å²) in [6.07, 6.45) is 0. The number of hydrogen-bond acceptors (Lipinski definition) is 7. The Morgan fingerprint density at radius 3 is 1.76 bits per heavy atom. The van der Waals surface area contributed by atoms with Crippen LogP contribution in [0.2, 0.25) is 0 Å². The number of hydrogen-bond donors (Lipinski definition) is 0. The molecule has 3 rings (SSSR count). The van der Waals surface area contributed by atoms with Crippen LogP contribution in [0.5, 0.6) is 0 Å². The van der Waals surface area contributed by atoms with Crippen LogP contribution in [0.15, 0.2) is 0 Å². The summed E-state index contributed by atoms with van der Waals surface area (Å²) in [5.74, 6) is 2.27. The minimum absolute atomic E-state index is 0.288. The zero-order valence-corrected chi connectivity index (χ0v) is 12.9. The van der Waals surface area contributed by atoms with E-state index < -0.39 is 0 Å². The molecular formula is C14H23N5O2. The summed E-state index contributed by atoms with van der Waals surface area (Å²) in [6.45, 7) is 10.7. The molecule has 0 radical (unpaired) electrons. The van der Waals surface area contributed by atoms with Gasteiger partial charge in [-0.2, -0.15) is 15.0 Å². The molecule has 1 aromatic rings. The molecule has 2 saturated heterocycles. The van der Waals surface area contributed by atoms with E-state index >= 15 is 0 Å². The molecule has 0 spiro atoms. The first-order chi connectivity index (χ1) is 10.1. The Morgan fingerprint density at radius 1 is 0.857 bits per heavy atom. The van der Waals surface area contributed by atoms with E-state index in [1.165, 1.54) is 0 Å². The third-order valence-electron chi connectivity index (χ3n) is 3.97. The van der Waals surface area contributed by atoms with Gasteiger partial charge in [0.05, 0.1) is 38.5 Å². The highest BCUT2D eigenvalue weighted by molar-refractivity contribution is 5.41. The van der Waals surface area contributed by atoms with Gasteiger partial charge in [0.15, 0.2) is 0 Å². The van der Waals surface area contributed by atoms with Crippen LogP contribution in [-0.4, -0.2) is 66.6 Å². The largest absolute Gasteiger partial charge is 0.377 e. The Kier molecular flexibility index (Phi) is 4.21. The van der Waals surface area contributed by atoms with Crippen LogP contribution >= 0.6 is 0 Å². The number of rotatable bonds is 2. The molecule has 0 aliphatic carbocycles. The van der Waals surface area contributed by atoms with Gasteiger partial charge < -0.3 is 19.3 Å². The highest BCUT2D eigenvalue weighted by Gasteiger charge is 2.26. The topological polar surface area (TPSA) is 63.6 Å². The second-order valence-corrected chi connectivity index (χ2v) is 5.72. The second kappa shape index (κ2) is 6.11. The van der Waals surface area contributed by atoms with Crippen molar-refractivity contribution < 1.29 is 9.47 Å². The van der Waals surface area contributed by atoms with Gasteiger partial charge in [-0.3, -0.25) is 0 Å². The van der Waals surface area contributed by atoms with Gasteiger partial charge in [0.2, 0.25) is 11.9 Å². The zero-order chi connectivity index (χ0) is 14.8. The van der Waals surface area contributed by atoms with Crippen LogP contribution in [0.4, 0.5) is 11.9 Å². The summed E-state index contributed by atoms with van der Waals surface area (Å²) in [7, 11) is 0. The summed E-state index contributed by atoms with van der Waals surface area (Å²) in [4.78, 5) is 18.1. The summed E-state index contributed by atoms with van der Waals surface area (Å²) < 4.78 is 11.0. The predicted molar refractivity (Wildman–Crippen MR) is 79.8 cm³/mol. The van der Waals surface area contributed by atoms with Crippen molar-refractivity contribution in [1.82, 2.24) is 15.0 Å². The fourth-order valence-corrected chi connectivity index (χ4v) is 2.76. The average Bonchev–Trinajstić information content (AvgIpc) is 2.47. The molecule has 0 aromatic carbocycles. The van der Waals surface area contributed by atoms with E-state index in [0.717, 1.165) is 44.0 Å². The molecule has 0 unspecified atom stereocenters. The highest BCUT2D eigenvalue weighted by Crippen LogP contribution is 2.20. The Hall–Kier alpha value is -1.47.